The van der Waals surface area contributed by atoms with Gasteiger partial charge in [-0.15, -0.1) is 0 Å². The van der Waals surface area contributed by atoms with Crippen molar-refractivity contribution < 1.29 is 28.6 Å². The lowest BCUT2D eigenvalue weighted by molar-refractivity contribution is -0.335. The van der Waals surface area contributed by atoms with E-state index in [-0.39, 0.29) is 48.4 Å². The maximum absolute atomic E-state index is 13.8. The minimum absolute atomic E-state index is 0.0259. The fourth-order valence-electron chi connectivity index (χ4n) is 8.00. The molecule has 6 atom stereocenters. The maximum Gasteiger partial charge on any atom is 0.407 e. The molecular weight excluding hydrogens is 737 g/mol. The highest BCUT2D eigenvalue weighted by Gasteiger charge is 2.42. The van der Waals surface area contributed by atoms with E-state index >= 15 is 0 Å². The van der Waals surface area contributed by atoms with Crippen LogP contribution in [0.2, 0.25) is 0 Å². The van der Waals surface area contributed by atoms with Gasteiger partial charge in [0.25, 0.3) is 0 Å². The molecule has 3 saturated heterocycles. The molecule has 3 amide bonds. The summed E-state index contributed by atoms with van der Waals surface area (Å²) in [5.41, 5.74) is 5.42. The van der Waals surface area contributed by atoms with E-state index in [2.05, 4.69) is 51.3 Å². The summed E-state index contributed by atoms with van der Waals surface area (Å²) in [4.78, 5) is 59.5. The quantitative estimate of drug-likeness (QED) is 0.134. The Labute approximate surface area is 339 Å². The first-order chi connectivity index (χ1) is 27.9. The second-order valence-corrected chi connectivity index (χ2v) is 16.5. The van der Waals surface area contributed by atoms with E-state index in [1.807, 2.05) is 92.2 Å². The van der Waals surface area contributed by atoms with Gasteiger partial charge in [-0.05, 0) is 71.9 Å². The zero-order chi connectivity index (χ0) is 41.1. The minimum atomic E-state index is -0.696. The van der Waals surface area contributed by atoms with Crippen LogP contribution in [-0.2, 0) is 23.8 Å². The Balaban J connectivity index is 0.982. The molecule has 4 aromatic rings. The van der Waals surface area contributed by atoms with E-state index < -0.39 is 24.6 Å². The summed E-state index contributed by atoms with van der Waals surface area (Å²) >= 11 is 0. The van der Waals surface area contributed by atoms with Crippen LogP contribution >= 0.6 is 0 Å². The molecule has 5 heterocycles. The first-order valence-electron chi connectivity index (χ1n) is 20.2. The van der Waals surface area contributed by atoms with Crippen molar-refractivity contribution in [3.63, 3.8) is 0 Å². The van der Waals surface area contributed by atoms with Gasteiger partial charge >= 0.3 is 6.09 Å². The standard InChI is InChI=1S/C44H54N8O6/c1-25(2)37(49-43(55)56-7)41(53)51-22-27(5)18-35(51)39-45-20-33(47-39)31-14-10-29(11-15-31)8-9-30-12-16-32(17-13-30)34-21-46-40(48-34)36-19-28(6)23-52(36)42(54)38(26(3)4)50-44-57-24-58-44/h10-17,20-21,25-28,35-38,44,50H,18-19,22-24H2,1-7H3,(H,45,47)(H,46,48)(H,49,55)/t27-,28-,35-,36-,37-,38-/m0/s1. The van der Waals surface area contributed by atoms with Crippen LogP contribution in [0.25, 0.3) is 22.5 Å². The summed E-state index contributed by atoms with van der Waals surface area (Å²) < 4.78 is 15.5. The van der Waals surface area contributed by atoms with Crippen molar-refractivity contribution in [1.82, 2.24) is 40.4 Å². The highest BCUT2D eigenvalue weighted by Crippen LogP contribution is 2.37. The number of hydrogen-bond donors (Lipinski definition) is 4. The molecule has 0 unspecified atom stereocenters. The first kappa shape index (κ1) is 40.7. The largest absolute Gasteiger partial charge is 0.453 e. The number of carbonyl (C=O) groups excluding carboxylic acids is 3. The Bertz CT molecular complexity index is 2130. The second-order valence-electron chi connectivity index (χ2n) is 16.5. The van der Waals surface area contributed by atoms with Crippen LogP contribution in [0.1, 0.15) is 89.2 Å². The van der Waals surface area contributed by atoms with Crippen LogP contribution in [0, 0.1) is 35.5 Å². The Hall–Kier alpha value is -5.49. The number of ether oxygens (including phenoxy) is 3. The number of nitrogens with zero attached hydrogens (tertiary/aromatic N) is 4. The summed E-state index contributed by atoms with van der Waals surface area (Å²) in [5.74, 6) is 8.50. The molecule has 306 valence electrons. The van der Waals surface area contributed by atoms with Crippen LogP contribution < -0.4 is 10.6 Å². The predicted octanol–water partition coefficient (Wildman–Crippen LogP) is 5.97. The van der Waals surface area contributed by atoms with Crippen LogP contribution in [0.4, 0.5) is 4.79 Å². The van der Waals surface area contributed by atoms with Gasteiger partial charge in [0.15, 0.2) is 6.79 Å². The van der Waals surface area contributed by atoms with Crippen molar-refractivity contribution in [1.29, 1.82) is 0 Å². The predicted molar refractivity (Wildman–Crippen MR) is 217 cm³/mol. The van der Waals surface area contributed by atoms with Crippen molar-refractivity contribution in [2.24, 2.45) is 23.7 Å². The van der Waals surface area contributed by atoms with Gasteiger partial charge in [0, 0.05) is 24.2 Å². The van der Waals surface area contributed by atoms with E-state index in [1.165, 1.54) is 7.11 Å². The van der Waals surface area contributed by atoms with Crippen molar-refractivity contribution >= 4 is 17.9 Å². The number of H-pyrrole nitrogens is 2. The van der Waals surface area contributed by atoms with Gasteiger partial charge in [-0.25, -0.2) is 14.8 Å². The lowest BCUT2D eigenvalue weighted by Crippen LogP contribution is -2.56. The lowest BCUT2D eigenvalue weighted by Gasteiger charge is -2.35. The third-order valence-electron chi connectivity index (χ3n) is 11.2. The molecule has 7 rings (SSSR count). The van der Waals surface area contributed by atoms with Crippen LogP contribution in [-0.4, -0.2) is 93.1 Å². The number of carbonyl (C=O) groups is 3. The van der Waals surface area contributed by atoms with E-state index in [0.29, 0.717) is 19.0 Å². The summed E-state index contributed by atoms with van der Waals surface area (Å²) in [5, 5.41) is 5.91. The smallest absolute Gasteiger partial charge is 0.407 e. The average molecular weight is 791 g/mol. The molecule has 0 bridgehead atoms. The van der Waals surface area contributed by atoms with Crippen molar-refractivity contribution in [2.75, 3.05) is 27.0 Å². The van der Waals surface area contributed by atoms with Gasteiger partial charge in [0.2, 0.25) is 18.2 Å². The molecule has 0 spiro atoms. The number of aromatic amines is 2. The number of rotatable bonds is 11. The molecule has 14 heteroatoms. The monoisotopic (exact) mass is 790 g/mol. The van der Waals surface area contributed by atoms with Crippen LogP contribution in [0.15, 0.2) is 60.9 Å². The molecule has 2 aromatic carbocycles. The molecule has 4 N–H and O–H groups in total. The number of methoxy groups -OCH3 is 1. The van der Waals surface area contributed by atoms with Crippen LogP contribution in [0.3, 0.4) is 0 Å². The summed E-state index contributed by atoms with van der Waals surface area (Å²) in [7, 11) is 1.29. The molecule has 0 aliphatic carbocycles. The third kappa shape index (κ3) is 8.97. The van der Waals surface area contributed by atoms with Crippen LogP contribution in [0.5, 0.6) is 0 Å². The summed E-state index contributed by atoms with van der Waals surface area (Å²) in [6.07, 6.45) is 4.05. The molecule has 58 heavy (non-hydrogen) atoms. The molecule has 0 radical (unpaired) electrons. The van der Waals surface area contributed by atoms with Gasteiger partial charge < -0.3 is 39.3 Å². The molecule has 0 saturated carbocycles. The zero-order valence-corrected chi connectivity index (χ0v) is 34.2. The number of nitrogens with one attached hydrogen (secondary N) is 4. The normalized spacial score (nSPS) is 21.7. The average Bonchev–Trinajstić information content (AvgIpc) is 4.02. The number of imidazole rings is 2. The maximum atomic E-state index is 13.8. The first-order valence-corrected chi connectivity index (χ1v) is 20.2. The molecule has 3 aliphatic heterocycles. The topological polar surface area (TPSA) is 167 Å². The highest BCUT2D eigenvalue weighted by molar-refractivity contribution is 5.86. The van der Waals surface area contributed by atoms with Crippen molar-refractivity contribution in [2.45, 2.75) is 85.0 Å². The Morgan fingerprint density at radius 2 is 1.19 bits per heavy atom. The Kier molecular flexibility index (Phi) is 12.3. The molecule has 2 aromatic heterocycles. The Morgan fingerprint density at radius 1 is 0.741 bits per heavy atom. The van der Waals surface area contributed by atoms with E-state index in [4.69, 9.17) is 19.2 Å². The number of hydrogen-bond acceptors (Lipinski definition) is 9. The van der Waals surface area contributed by atoms with Gasteiger partial charge in [-0.1, -0.05) is 77.6 Å². The van der Waals surface area contributed by atoms with Gasteiger partial charge in [-0.3, -0.25) is 14.9 Å². The fraction of sp³-hybridized carbons (Fsp3) is 0.477. The number of benzene rings is 2. The van der Waals surface area contributed by atoms with E-state index in [1.54, 1.807) is 6.20 Å². The van der Waals surface area contributed by atoms with Crippen molar-refractivity contribution in [3.05, 3.63) is 83.7 Å². The number of amides is 3. The zero-order valence-electron chi connectivity index (χ0n) is 34.2. The van der Waals surface area contributed by atoms with E-state index in [9.17, 15) is 14.4 Å². The highest BCUT2D eigenvalue weighted by atomic mass is 16.9. The number of alkyl carbamates (subject to hydrolysis) is 1. The van der Waals surface area contributed by atoms with E-state index in [0.717, 1.165) is 58.1 Å². The van der Waals surface area contributed by atoms with Gasteiger partial charge in [0.1, 0.15) is 17.7 Å². The molecule has 3 fully saturated rings. The number of likely N-dealkylation sites (tertiary alicyclic amines) is 2. The van der Waals surface area contributed by atoms with Crippen molar-refractivity contribution in [3.8, 4) is 34.4 Å². The summed E-state index contributed by atoms with van der Waals surface area (Å²) in [6.45, 7) is 13.6. The minimum Gasteiger partial charge on any atom is -0.453 e. The fourth-order valence-corrected chi connectivity index (χ4v) is 8.00. The SMILES string of the molecule is COC(=O)N[C@H](C(=O)N1C[C@@H](C)C[C@H]1c1ncc(-c2ccc(C#Cc3ccc(-c4cnc([C@@H]5C[C@H](C)CN5C(=O)[C@@H](NC5OCO5)C(C)C)[nH]4)cc3)cc2)[nH]1)C(C)C. The molecule has 3 aliphatic rings. The molecule has 14 nitrogen and oxygen atoms in total. The lowest BCUT2D eigenvalue weighted by atomic mass is 10.0. The second kappa shape index (κ2) is 17.6. The van der Waals surface area contributed by atoms with Gasteiger partial charge in [-0.2, -0.15) is 0 Å². The number of aromatic nitrogens is 4. The molecular formula is C44H54N8O6. The van der Waals surface area contributed by atoms with Gasteiger partial charge in [0.05, 0.1) is 49.0 Å². The Morgan fingerprint density at radius 3 is 1.59 bits per heavy atom. The summed E-state index contributed by atoms with van der Waals surface area (Å²) in [6, 6.07) is 14.5. The third-order valence-corrected chi connectivity index (χ3v) is 11.2.